The highest BCUT2D eigenvalue weighted by atomic mass is 35.5. The van der Waals surface area contributed by atoms with Crippen LogP contribution in [-0.2, 0) is 0 Å². The van der Waals surface area contributed by atoms with Crippen LogP contribution >= 0.6 is 11.6 Å². The fourth-order valence-corrected chi connectivity index (χ4v) is 3.24. The summed E-state index contributed by atoms with van der Waals surface area (Å²) in [7, 11) is 0. The van der Waals surface area contributed by atoms with Gasteiger partial charge in [0.1, 0.15) is 0 Å². The van der Waals surface area contributed by atoms with Crippen molar-refractivity contribution in [3.8, 4) is 0 Å². The van der Waals surface area contributed by atoms with Crippen molar-refractivity contribution in [2.24, 2.45) is 5.92 Å². The Morgan fingerprint density at radius 3 is 2.40 bits per heavy atom. The highest BCUT2D eigenvalue weighted by molar-refractivity contribution is 6.35. The average Bonchev–Trinajstić information content (AvgIpc) is 2.46. The molecule has 0 saturated heterocycles. The van der Waals surface area contributed by atoms with Gasteiger partial charge in [0.2, 0.25) is 0 Å². The third-order valence-electron chi connectivity index (χ3n) is 3.98. The van der Waals surface area contributed by atoms with Crippen molar-refractivity contribution in [2.75, 3.05) is 6.54 Å². The molecule has 2 rings (SSSR count). The summed E-state index contributed by atoms with van der Waals surface area (Å²) in [5.74, 6) is 0.615. The summed E-state index contributed by atoms with van der Waals surface area (Å²) in [6.07, 6.45) is 2.45. The number of hydrogen-bond donors (Lipinski definition) is 1. The van der Waals surface area contributed by atoms with Gasteiger partial charge < -0.3 is 5.32 Å². The van der Waals surface area contributed by atoms with Gasteiger partial charge in [0.05, 0.1) is 0 Å². The lowest BCUT2D eigenvalue weighted by Crippen LogP contribution is -2.27. The number of halogens is 1. The molecule has 0 amide bonds. The Morgan fingerprint density at radius 2 is 1.75 bits per heavy atom. The molecule has 0 heterocycles. The summed E-state index contributed by atoms with van der Waals surface area (Å²) in [6, 6.07) is 13.0. The highest BCUT2D eigenvalue weighted by Gasteiger charge is 2.20. The van der Waals surface area contributed by atoms with Crippen molar-refractivity contribution in [1.82, 2.24) is 5.32 Å². The van der Waals surface area contributed by atoms with E-state index in [1.54, 1.807) is 0 Å². The predicted octanol–water partition coefficient (Wildman–Crippen LogP) is 5.58. The molecule has 0 fully saturated rings. The molecule has 0 aromatic heterocycles. The van der Waals surface area contributed by atoms with E-state index in [1.165, 1.54) is 23.8 Å². The second-order valence-electron chi connectivity index (χ2n) is 5.48. The summed E-state index contributed by atoms with van der Waals surface area (Å²) >= 11 is 6.33. The largest absolute Gasteiger partial charge is 0.310 e. The second-order valence-corrected chi connectivity index (χ2v) is 5.89. The molecular formula is C18H24ClN. The Labute approximate surface area is 127 Å². The molecule has 2 atom stereocenters. The van der Waals surface area contributed by atoms with Crippen molar-refractivity contribution >= 4 is 22.4 Å². The minimum absolute atomic E-state index is 0.391. The Balaban J connectivity index is 2.50. The molecule has 0 radical (unpaired) electrons. The molecule has 0 bridgehead atoms. The average molecular weight is 290 g/mol. The van der Waals surface area contributed by atoms with E-state index in [4.69, 9.17) is 11.6 Å². The molecule has 1 N–H and O–H groups in total. The van der Waals surface area contributed by atoms with Crippen molar-refractivity contribution in [1.29, 1.82) is 0 Å². The summed E-state index contributed by atoms with van der Waals surface area (Å²) in [5, 5.41) is 6.91. The van der Waals surface area contributed by atoms with Crippen molar-refractivity contribution < 1.29 is 0 Å². The standard InChI is InChI=1S/C18H24ClN/c1-4-8-13(3)18(20-5-2)16-11-12-17(19)15-10-7-6-9-14(15)16/h6-7,9-13,18,20H,4-5,8H2,1-3H3. The molecule has 0 aliphatic carbocycles. The first kappa shape index (κ1) is 15.3. The van der Waals surface area contributed by atoms with Crippen molar-refractivity contribution in [3.05, 3.63) is 47.0 Å². The third-order valence-corrected chi connectivity index (χ3v) is 4.31. The van der Waals surface area contributed by atoms with Crippen LogP contribution < -0.4 is 5.32 Å². The predicted molar refractivity (Wildman–Crippen MR) is 89.4 cm³/mol. The molecule has 1 nitrogen and oxygen atoms in total. The number of hydrogen-bond acceptors (Lipinski definition) is 1. The maximum Gasteiger partial charge on any atom is 0.0484 e. The van der Waals surface area contributed by atoms with Crippen molar-refractivity contribution in [3.63, 3.8) is 0 Å². The smallest absolute Gasteiger partial charge is 0.0484 e. The lowest BCUT2D eigenvalue weighted by Gasteiger charge is -2.26. The Kier molecular flexibility index (Phi) is 5.45. The Morgan fingerprint density at radius 1 is 1.05 bits per heavy atom. The molecule has 108 valence electrons. The molecule has 0 aliphatic heterocycles. The van der Waals surface area contributed by atoms with Crippen molar-refractivity contribution in [2.45, 2.75) is 39.7 Å². The van der Waals surface area contributed by atoms with E-state index in [9.17, 15) is 0 Å². The van der Waals surface area contributed by atoms with Crippen LogP contribution in [0.2, 0.25) is 5.02 Å². The monoisotopic (exact) mass is 289 g/mol. The minimum Gasteiger partial charge on any atom is -0.310 e. The summed E-state index contributed by atoms with van der Waals surface area (Å²) in [6.45, 7) is 7.74. The maximum absolute atomic E-state index is 6.33. The minimum atomic E-state index is 0.391. The van der Waals surface area contributed by atoms with E-state index in [1.807, 2.05) is 6.07 Å². The first-order valence-corrected chi connectivity index (χ1v) is 7.97. The molecule has 2 unspecified atom stereocenters. The van der Waals surface area contributed by atoms with Crippen LogP contribution in [0.1, 0.15) is 45.2 Å². The lowest BCUT2D eigenvalue weighted by atomic mass is 9.88. The molecule has 2 aromatic rings. The molecule has 20 heavy (non-hydrogen) atoms. The van der Waals surface area contributed by atoms with Gasteiger partial charge >= 0.3 is 0 Å². The third kappa shape index (κ3) is 3.16. The van der Waals surface area contributed by atoms with Crippen LogP contribution in [0.5, 0.6) is 0 Å². The normalized spacial score (nSPS) is 14.4. The number of fused-ring (bicyclic) bond motifs is 1. The zero-order valence-electron chi connectivity index (χ0n) is 12.6. The topological polar surface area (TPSA) is 12.0 Å². The molecule has 0 spiro atoms. The van der Waals surface area contributed by atoms with E-state index < -0.39 is 0 Å². The van der Waals surface area contributed by atoms with Gasteiger partial charge in [0.25, 0.3) is 0 Å². The van der Waals surface area contributed by atoms with Crippen LogP contribution in [0.4, 0.5) is 0 Å². The molecule has 0 saturated carbocycles. The zero-order valence-corrected chi connectivity index (χ0v) is 13.4. The Hall–Kier alpha value is -1.05. The molecular weight excluding hydrogens is 266 g/mol. The molecule has 0 aliphatic rings. The van der Waals surface area contributed by atoms with E-state index >= 15 is 0 Å². The molecule has 2 heteroatoms. The van der Waals surface area contributed by atoms with Gasteiger partial charge in [0, 0.05) is 16.5 Å². The SMILES string of the molecule is CCCC(C)C(NCC)c1ccc(Cl)c2ccccc12. The number of rotatable bonds is 6. The number of benzene rings is 2. The summed E-state index contributed by atoms with van der Waals surface area (Å²) in [4.78, 5) is 0. The summed E-state index contributed by atoms with van der Waals surface area (Å²) < 4.78 is 0. The van der Waals surface area contributed by atoms with Crippen LogP contribution in [0.3, 0.4) is 0 Å². The van der Waals surface area contributed by atoms with Crippen LogP contribution in [0.25, 0.3) is 10.8 Å². The second kappa shape index (κ2) is 7.10. The van der Waals surface area contributed by atoms with Crippen LogP contribution in [-0.4, -0.2) is 6.54 Å². The quantitative estimate of drug-likeness (QED) is 0.732. The van der Waals surface area contributed by atoms with Gasteiger partial charge in [-0.05, 0) is 35.9 Å². The van der Waals surface area contributed by atoms with E-state index in [0.717, 1.165) is 17.0 Å². The van der Waals surface area contributed by atoms with Gasteiger partial charge in [-0.3, -0.25) is 0 Å². The van der Waals surface area contributed by atoms with E-state index in [0.29, 0.717) is 12.0 Å². The highest BCUT2D eigenvalue weighted by Crippen LogP contribution is 2.34. The van der Waals surface area contributed by atoms with E-state index in [2.05, 4.69) is 56.4 Å². The van der Waals surface area contributed by atoms with Crippen LogP contribution in [0.15, 0.2) is 36.4 Å². The Bertz CT molecular complexity index is 564. The molecule has 2 aromatic carbocycles. The van der Waals surface area contributed by atoms with Gasteiger partial charge in [-0.2, -0.15) is 0 Å². The maximum atomic E-state index is 6.33. The zero-order chi connectivity index (χ0) is 14.5. The van der Waals surface area contributed by atoms with E-state index in [-0.39, 0.29) is 0 Å². The van der Waals surface area contributed by atoms with Gasteiger partial charge in [0.15, 0.2) is 0 Å². The van der Waals surface area contributed by atoms with Gasteiger partial charge in [-0.25, -0.2) is 0 Å². The summed E-state index contributed by atoms with van der Waals surface area (Å²) in [5.41, 5.74) is 1.37. The van der Waals surface area contributed by atoms with Gasteiger partial charge in [-0.15, -0.1) is 0 Å². The van der Waals surface area contributed by atoms with Crippen LogP contribution in [0, 0.1) is 5.92 Å². The lowest BCUT2D eigenvalue weighted by molar-refractivity contribution is 0.371. The fraction of sp³-hybridized carbons (Fsp3) is 0.444. The number of nitrogens with one attached hydrogen (secondary N) is 1. The van der Waals surface area contributed by atoms with Gasteiger partial charge in [-0.1, -0.05) is 69.1 Å². The fourth-order valence-electron chi connectivity index (χ4n) is 3.02. The first-order valence-electron chi connectivity index (χ1n) is 7.59. The first-order chi connectivity index (χ1) is 9.69.